The van der Waals surface area contributed by atoms with E-state index in [-0.39, 0.29) is 24.0 Å². The Morgan fingerprint density at radius 2 is 1.89 bits per heavy atom. The van der Waals surface area contributed by atoms with E-state index in [0.29, 0.717) is 18.0 Å². The second-order valence-electron chi connectivity index (χ2n) is 5.14. The predicted molar refractivity (Wildman–Crippen MR) is 93.4 cm³/mol. The second-order valence-corrected chi connectivity index (χ2v) is 6.05. The molecular formula is C14H19BrIN3. The Kier molecular flexibility index (Phi) is 5.11. The minimum absolute atomic E-state index is 0. The van der Waals surface area contributed by atoms with Crippen LogP contribution in [0.3, 0.4) is 0 Å². The number of rotatable bonds is 3. The Balaban J connectivity index is 0.00000133. The molecule has 0 heterocycles. The van der Waals surface area contributed by atoms with Gasteiger partial charge in [-0.15, -0.1) is 24.0 Å². The van der Waals surface area contributed by atoms with Crippen molar-refractivity contribution in [2.45, 2.75) is 37.3 Å². The van der Waals surface area contributed by atoms with Gasteiger partial charge in [-0.2, -0.15) is 0 Å². The van der Waals surface area contributed by atoms with Gasteiger partial charge in [0.25, 0.3) is 0 Å². The lowest BCUT2D eigenvalue weighted by atomic mass is 10.1. The van der Waals surface area contributed by atoms with Gasteiger partial charge >= 0.3 is 0 Å². The molecule has 5 heteroatoms. The standard InChI is InChI=1S/C14H18BrN3.HI/c1-16-14(17-11-6-7-11)18-13-8-12(13)9-2-4-10(15)5-3-9;/h2-5,11-13H,6-8H2,1H3,(H2,16,17,18);1H. The molecule has 2 aliphatic rings. The molecule has 0 saturated heterocycles. The maximum Gasteiger partial charge on any atom is 0.191 e. The molecule has 2 N–H and O–H groups in total. The average molecular weight is 436 g/mol. The van der Waals surface area contributed by atoms with Crippen molar-refractivity contribution >= 4 is 45.9 Å². The predicted octanol–water partition coefficient (Wildman–Crippen LogP) is 3.25. The summed E-state index contributed by atoms with van der Waals surface area (Å²) in [5, 5.41) is 6.93. The van der Waals surface area contributed by atoms with Crippen LogP contribution in [0.2, 0.25) is 0 Å². The summed E-state index contributed by atoms with van der Waals surface area (Å²) >= 11 is 3.47. The Morgan fingerprint density at radius 1 is 1.21 bits per heavy atom. The fraction of sp³-hybridized carbons (Fsp3) is 0.500. The highest BCUT2D eigenvalue weighted by Gasteiger charge is 2.39. The average Bonchev–Trinajstić information content (AvgIpc) is 3.26. The van der Waals surface area contributed by atoms with Gasteiger partial charge in [0, 0.05) is 29.5 Å². The van der Waals surface area contributed by atoms with E-state index >= 15 is 0 Å². The van der Waals surface area contributed by atoms with Crippen LogP contribution >= 0.6 is 39.9 Å². The fourth-order valence-electron chi connectivity index (χ4n) is 2.20. The van der Waals surface area contributed by atoms with Crippen LogP contribution < -0.4 is 10.6 Å². The molecule has 0 spiro atoms. The van der Waals surface area contributed by atoms with E-state index in [0.717, 1.165) is 10.4 Å². The number of nitrogens with zero attached hydrogens (tertiary/aromatic N) is 1. The highest BCUT2D eigenvalue weighted by Crippen LogP contribution is 2.41. The summed E-state index contributed by atoms with van der Waals surface area (Å²) < 4.78 is 1.14. The van der Waals surface area contributed by atoms with Gasteiger partial charge in [0.2, 0.25) is 0 Å². The third kappa shape index (κ3) is 4.08. The Hall–Kier alpha value is -0.300. The van der Waals surface area contributed by atoms with Crippen LogP contribution in [0.1, 0.15) is 30.7 Å². The van der Waals surface area contributed by atoms with Crippen molar-refractivity contribution in [1.82, 2.24) is 10.6 Å². The number of halogens is 2. The Labute approximate surface area is 139 Å². The second kappa shape index (κ2) is 6.43. The number of hydrogen-bond acceptors (Lipinski definition) is 1. The smallest absolute Gasteiger partial charge is 0.191 e. The first-order chi connectivity index (χ1) is 8.76. The molecule has 2 fully saturated rings. The van der Waals surface area contributed by atoms with Gasteiger partial charge in [0.15, 0.2) is 5.96 Å². The molecule has 3 rings (SSSR count). The Morgan fingerprint density at radius 3 is 2.47 bits per heavy atom. The summed E-state index contributed by atoms with van der Waals surface area (Å²) in [5.74, 6) is 1.60. The van der Waals surface area contributed by atoms with E-state index in [9.17, 15) is 0 Å². The summed E-state index contributed by atoms with van der Waals surface area (Å²) in [6.45, 7) is 0. The zero-order valence-corrected chi connectivity index (χ0v) is 14.8. The third-order valence-electron chi connectivity index (χ3n) is 3.55. The molecular weight excluding hydrogens is 417 g/mol. The normalized spacial score (nSPS) is 25.5. The van der Waals surface area contributed by atoms with E-state index in [2.05, 4.69) is 55.8 Å². The maximum absolute atomic E-state index is 4.28. The van der Waals surface area contributed by atoms with E-state index in [1.165, 1.54) is 24.8 Å². The lowest BCUT2D eigenvalue weighted by Crippen LogP contribution is -2.40. The molecule has 0 aromatic heterocycles. The molecule has 0 amide bonds. The molecule has 0 bridgehead atoms. The first kappa shape index (κ1) is 15.1. The minimum atomic E-state index is 0. The van der Waals surface area contributed by atoms with Crippen LogP contribution in [0.15, 0.2) is 33.7 Å². The molecule has 2 atom stereocenters. The van der Waals surface area contributed by atoms with Crippen LogP contribution in [0.4, 0.5) is 0 Å². The maximum atomic E-state index is 4.28. The SMILES string of the molecule is CN=C(NC1CC1)NC1CC1c1ccc(Br)cc1.I. The molecule has 1 aromatic carbocycles. The quantitative estimate of drug-likeness (QED) is 0.434. The van der Waals surface area contributed by atoms with Crippen molar-refractivity contribution in [3.8, 4) is 0 Å². The summed E-state index contributed by atoms with van der Waals surface area (Å²) in [7, 11) is 1.84. The first-order valence-electron chi connectivity index (χ1n) is 6.51. The Bertz CT molecular complexity index is 456. The molecule has 104 valence electrons. The van der Waals surface area contributed by atoms with Crippen LogP contribution in [0.5, 0.6) is 0 Å². The van der Waals surface area contributed by atoms with Crippen LogP contribution in [-0.4, -0.2) is 25.1 Å². The van der Waals surface area contributed by atoms with Crippen molar-refractivity contribution in [2.75, 3.05) is 7.05 Å². The molecule has 19 heavy (non-hydrogen) atoms. The molecule has 3 nitrogen and oxygen atoms in total. The van der Waals surface area contributed by atoms with E-state index < -0.39 is 0 Å². The zero-order valence-electron chi connectivity index (χ0n) is 10.9. The summed E-state index contributed by atoms with van der Waals surface area (Å²) in [6, 6.07) is 9.82. The van der Waals surface area contributed by atoms with Crippen molar-refractivity contribution < 1.29 is 0 Å². The minimum Gasteiger partial charge on any atom is -0.354 e. The number of aliphatic imine (C=N–C) groups is 1. The number of benzene rings is 1. The number of nitrogens with one attached hydrogen (secondary N) is 2. The van der Waals surface area contributed by atoms with Crippen LogP contribution in [0, 0.1) is 0 Å². The monoisotopic (exact) mass is 435 g/mol. The topological polar surface area (TPSA) is 36.4 Å². The van der Waals surface area contributed by atoms with Gasteiger partial charge in [-0.05, 0) is 37.0 Å². The highest BCUT2D eigenvalue weighted by molar-refractivity contribution is 14.0. The molecule has 2 unspecified atom stereocenters. The van der Waals surface area contributed by atoms with Gasteiger partial charge in [-0.1, -0.05) is 28.1 Å². The third-order valence-corrected chi connectivity index (χ3v) is 4.08. The van der Waals surface area contributed by atoms with E-state index in [4.69, 9.17) is 0 Å². The largest absolute Gasteiger partial charge is 0.354 e. The van der Waals surface area contributed by atoms with Gasteiger partial charge in [0.1, 0.15) is 0 Å². The van der Waals surface area contributed by atoms with E-state index in [1.54, 1.807) is 0 Å². The molecule has 2 aliphatic carbocycles. The molecule has 0 aliphatic heterocycles. The lowest BCUT2D eigenvalue weighted by molar-refractivity contribution is 0.787. The number of hydrogen-bond donors (Lipinski definition) is 2. The molecule has 0 radical (unpaired) electrons. The van der Waals surface area contributed by atoms with Crippen molar-refractivity contribution in [1.29, 1.82) is 0 Å². The van der Waals surface area contributed by atoms with Crippen LogP contribution in [-0.2, 0) is 0 Å². The summed E-state index contributed by atoms with van der Waals surface area (Å²) in [4.78, 5) is 4.28. The fourth-order valence-corrected chi connectivity index (χ4v) is 2.46. The summed E-state index contributed by atoms with van der Waals surface area (Å²) in [5.41, 5.74) is 1.41. The van der Waals surface area contributed by atoms with E-state index in [1.807, 2.05) is 7.05 Å². The van der Waals surface area contributed by atoms with Crippen LogP contribution in [0.25, 0.3) is 0 Å². The molecule has 1 aromatic rings. The highest BCUT2D eigenvalue weighted by atomic mass is 127. The zero-order chi connectivity index (χ0) is 12.5. The van der Waals surface area contributed by atoms with Gasteiger partial charge < -0.3 is 10.6 Å². The van der Waals surface area contributed by atoms with Crippen molar-refractivity contribution in [2.24, 2.45) is 4.99 Å². The van der Waals surface area contributed by atoms with Crippen molar-refractivity contribution in [3.05, 3.63) is 34.3 Å². The first-order valence-corrected chi connectivity index (χ1v) is 7.31. The van der Waals surface area contributed by atoms with Crippen molar-refractivity contribution in [3.63, 3.8) is 0 Å². The lowest BCUT2D eigenvalue weighted by Gasteiger charge is -2.10. The van der Waals surface area contributed by atoms with Gasteiger partial charge in [-0.25, -0.2) is 0 Å². The summed E-state index contributed by atoms with van der Waals surface area (Å²) in [6.07, 6.45) is 3.76. The molecule has 2 saturated carbocycles. The number of guanidine groups is 1. The van der Waals surface area contributed by atoms with Gasteiger partial charge in [0.05, 0.1) is 0 Å². The van der Waals surface area contributed by atoms with Gasteiger partial charge in [-0.3, -0.25) is 4.99 Å².